The number of rotatable bonds is 6. The van der Waals surface area contributed by atoms with Crippen molar-refractivity contribution in [3.63, 3.8) is 0 Å². The predicted octanol–water partition coefficient (Wildman–Crippen LogP) is 6.78. The van der Waals surface area contributed by atoms with E-state index in [9.17, 15) is 4.79 Å². The molecule has 0 saturated heterocycles. The second kappa shape index (κ2) is 9.21. The number of Topliss-reactive ketones (excluding diaryl/α,β-unsaturated/α-hetero) is 1. The minimum absolute atomic E-state index is 0.147. The van der Waals surface area contributed by atoms with Gasteiger partial charge in [0.25, 0.3) is 0 Å². The molecule has 4 heteroatoms. The van der Waals surface area contributed by atoms with E-state index in [0.717, 1.165) is 34.6 Å². The Balaban J connectivity index is 1.45. The van der Waals surface area contributed by atoms with Crippen LogP contribution in [0.15, 0.2) is 90.1 Å². The van der Waals surface area contributed by atoms with Gasteiger partial charge in [-0.3, -0.25) is 9.78 Å². The first kappa shape index (κ1) is 20.8. The van der Waals surface area contributed by atoms with Gasteiger partial charge >= 0.3 is 0 Å². The van der Waals surface area contributed by atoms with Crippen LogP contribution in [0.4, 0.5) is 5.82 Å². The first-order valence-electron chi connectivity index (χ1n) is 11.3. The van der Waals surface area contributed by atoms with Crippen molar-refractivity contribution in [2.24, 2.45) is 10.9 Å². The number of pyridine rings is 1. The zero-order valence-electron chi connectivity index (χ0n) is 18.5. The van der Waals surface area contributed by atoms with Gasteiger partial charge in [-0.05, 0) is 41.8 Å². The molecule has 0 spiro atoms. The minimum Gasteiger partial charge on any atom is -0.339 e. The number of carbonyl (C=O) groups is 1. The van der Waals surface area contributed by atoms with E-state index >= 15 is 0 Å². The van der Waals surface area contributed by atoms with Crippen molar-refractivity contribution in [3.8, 4) is 11.3 Å². The van der Waals surface area contributed by atoms with E-state index in [4.69, 9.17) is 4.99 Å². The fourth-order valence-electron chi connectivity index (χ4n) is 4.28. The molecule has 0 fully saturated rings. The van der Waals surface area contributed by atoms with E-state index in [2.05, 4.69) is 41.2 Å². The highest BCUT2D eigenvalue weighted by atomic mass is 16.1. The Morgan fingerprint density at radius 1 is 0.939 bits per heavy atom. The van der Waals surface area contributed by atoms with Crippen molar-refractivity contribution in [3.05, 3.63) is 107 Å². The maximum atomic E-state index is 13.3. The van der Waals surface area contributed by atoms with Crippen LogP contribution in [0.25, 0.3) is 23.4 Å². The number of hydrogen-bond donors (Lipinski definition) is 1. The molecule has 1 N–H and O–H groups in total. The summed E-state index contributed by atoms with van der Waals surface area (Å²) in [5.41, 5.74) is 6.60. The molecule has 2 aromatic heterocycles. The molecule has 0 aliphatic carbocycles. The van der Waals surface area contributed by atoms with Gasteiger partial charge in [0.15, 0.2) is 5.78 Å². The summed E-state index contributed by atoms with van der Waals surface area (Å²) in [6.45, 7) is 2.05. The predicted molar refractivity (Wildman–Crippen MR) is 135 cm³/mol. The van der Waals surface area contributed by atoms with Crippen LogP contribution in [-0.4, -0.2) is 21.5 Å². The molecule has 0 amide bonds. The highest BCUT2D eigenvalue weighted by Gasteiger charge is 2.31. The summed E-state index contributed by atoms with van der Waals surface area (Å²) in [7, 11) is 0. The van der Waals surface area contributed by atoms with Crippen molar-refractivity contribution >= 4 is 29.5 Å². The topological polar surface area (TPSA) is 58.1 Å². The summed E-state index contributed by atoms with van der Waals surface area (Å²) in [6.07, 6.45) is 7.26. The lowest BCUT2D eigenvalue weighted by molar-refractivity contribution is 0.0950. The lowest BCUT2D eigenvalue weighted by Gasteiger charge is -2.21. The fourth-order valence-corrected chi connectivity index (χ4v) is 4.28. The number of ketones is 1. The third kappa shape index (κ3) is 4.46. The molecule has 1 aliphatic rings. The van der Waals surface area contributed by atoms with Crippen molar-refractivity contribution < 1.29 is 4.79 Å². The Hall–Kier alpha value is -4.05. The van der Waals surface area contributed by atoms with Gasteiger partial charge in [-0.2, -0.15) is 0 Å². The molecular formula is C29H25N3O. The average molecular weight is 432 g/mol. The van der Waals surface area contributed by atoms with Crippen molar-refractivity contribution in [1.82, 2.24) is 9.97 Å². The van der Waals surface area contributed by atoms with Crippen LogP contribution in [0.1, 0.15) is 40.5 Å². The van der Waals surface area contributed by atoms with Gasteiger partial charge in [-0.1, -0.05) is 73.7 Å². The Morgan fingerprint density at radius 3 is 2.45 bits per heavy atom. The SMILES string of the molecule is CCC1C(=O)c2cc(-c3ccnc(/C=C/c4ccccc4)c3)[nH]c2N=C1Cc1ccccc1. The third-order valence-corrected chi connectivity index (χ3v) is 6.01. The smallest absolute Gasteiger partial charge is 0.175 e. The number of nitrogens with zero attached hydrogens (tertiary/aromatic N) is 2. The van der Waals surface area contributed by atoms with Crippen LogP contribution in [0.2, 0.25) is 0 Å². The first-order chi connectivity index (χ1) is 16.2. The summed E-state index contributed by atoms with van der Waals surface area (Å²) >= 11 is 0. The average Bonchev–Trinajstić information content (AvgIpc) is 3.29. The van der Waals surface area contributed by atoms with Crippen molar-refractivity contribution in [2.75, 3.05) is 0 Å². The first-order valence-corrected chi connectivity index (χ1v) is 11.3. The van der Waals surface area contributed by atoms with Crippen LogP contribution in [0.5, 0.6) is 0 Å². The highest BCUT2D eigenvalue weighted by molar-refractivity contribution is 6.18. The summed E-state index contributed by atoms with van der Waals surface area (Å²) in [5, 5.41) is 0. The maximum absolute atomic E-state index is 13.3. The van der Waals surface area contributed by atoms with Gasteiger partial charge in [0.2, 0.25) is 0 Å². The number of carbonyl (C=O) groups excluding carboxylic acids is 1. The lowest BCUT2D eigenvalue weighted by Crippen LogP contribution is -2.28. The molecule has 162 valence electrons. The number of nitrogens with one attached hydrogen (secondary N) is 1. The molecule has 33 heavy (non-hydrogen) atoms. The second-order valence-electron chi connectivity index (χ2n) is 8.25. The Bertz CT molecular complexity index is 1330. The molecule has 1 atom stereocenters. The Morgan fingerprint density at radius 2 is 1.70 bits per heavy atom. The molecular weight excluding hydrogens is 406 g/mol. The van der Waals surface area contributed by atoms with Crippen LogP contribution >= 0.6 is 0 Å². The normalized spacial score (nSPS) is 15.5. The van der Waals surface area contributed by atoms with Gasteiger partial charge in [0, 0.05) is 29.6 Å². The lowest BCUT2D eigenvalue weighted by atomic mass is 9.86. The monoisotopic (exact) mass is 431 g/mol. The number of aromatic nitrogens is 2. The van der Waals surface area contributed by atoms with Gasteiger partial charge in [-0.15, -0.1) is 0 Å². The number of fused-ring (bicyclic) bond motifs is 1. The minimum atomic E-state index is -0.178. The molecule has 0 bridgehead atoms. The quantitative estimate of drug-likeness (QED) is 0.366. The number of aromatic amines is 1. The van der Waals surface area contributed by atoms with Gasteiger partial charge < -0.3 is 4.98 Å². The van der Waals surface area contributed by atoms with Gasteiger partial charge in [-0.25, -0.2) is 4.99 Å². The number of H-pyrrole nitrogens is 1. The zero-order valence-corrected chi connectivity index (χ0v) is 18.5. The summed E-state index contributed by atoms with van der Waals surface area (Å²) < 4.78 is 0. The molecule has 2 aromatic carbocycles. The van der Waals surface area contributed by atoms with Crippen LogP contribution in [-0.2, 0) is 6.42 Å². The maximum Gasteiger partial charge on any atom is 0.175 e. The number of hydrogen-bond acceptors (Lipinski definition) is 3. The van der Waals surface area contributed by atoms with Crippen LogP contribution in [0, 0.1) is 5.92 Å². The zero-order chi connectivity index (χ0) is 22.6. The number of benzene rings is 2. The van der Waals surface area contributed by atoms with E-state index in [-0.39, 0.29) is 11.7 Å². The molecule has 5 rings (SSSR count). The molecule has 3 heterocycles. The number of aliphatic imine (C=N–C) groups is 1. The molecule has 1 aliphatic heterocycles. The summed E-state index contributed by atoms with van der Waals surface area (Å²) in [4.78, 5) is 26.0. The van der Waals surface area contributed by atoms with E-state index in [1.165, 1.54) is 5.56 Å². The standard InChI is InChI=1S/C29H25N3O/c1-2-24-27(17-21-11-7-4-8-12-21)32-29-25(28(24)33)19-26(31-29)22-15-16-30-23(18-22)14-13-20-9-5-3-6-10-20/h3-16,18-19,24,31H,2,17H2,1H3/b14-13+. The van der Waals surface area contributed by atoms with Gasteiger partial charge in [0.1, 0.15) is 5.82 Å². The Labute approximate surface area is 193 Å². The molecule has 4 nitrogen and oxygen atoms in total. The van der Waals surface area contributed by atoms with Crippen molar-refractivity contribution in [2.45, 2.75) is 19.8 Å². The Kier molecular flexibility index (Phi) is 5.81. The van der Waals surface area contributed by atoms with Crippen LogP contribution in [0.3, 0.4) is 0 Å². The fraction of sp³-hybridized carbons (Fsp3) is 0.138. The third-order valence-electron chi connectivity index (χ3n) is 6.01. The van der Waals surface area contributed by atoms with E-state index in [0.29, 0.717) is 17.8 Å². The summed E-state index contributed by atoms with van der Waals surface area (Å²) in [5.74, 6) is 0.626. The molecule has 4 aromatic rings. The molecule has 0 saturated carbocycles. The van der Waals surface area contributed by atoms with E-state index < -0.39 is 0 Å². The highest BCUT2D eigenvalue weighted by Crippen LogP contribution is 2.34. The summed E-state index contributed by atoms with van der Waals surface area (Å²) in [6, 6.07) is 26.3. The second-order valence-corrected chi connectivity index (χ2v) is 8.25. The van der Waals surface area contributed by atoms with E-state index in [1.807, 2.05) is 66.7 Å². The largest absolute Gasteiger partial charge is 0.339 e. The van der Waals surface area contributed by atoms with E-state index in [1.54, 1.807) is 6.20 Å². The van der Waals surface area contributed by atoms with Crippen molar-refractivity contribution in [1.29, 1.82) is 0 Å². The van der Waals surface area contributed by atoms with Crippen LogP contribution < -0.4 is 0 Å². The molecule has 0 radical (unpaired) electrons. The molecule has 1 unspecified atom stereocenters. The van der Waals surface area contributed by atoms with Gasteiger partial charge in [0.05, 0.1) is 17.2 Å².